The Bertz CT molecular complexity index is 770. The summed E-state index contributed by atoms with van der Waals surface area (Å²) in [6.07, 6.45) is 2.62. The summed E-state index contributed by atoms with van der Waals surface area (Å²) >= 11 is 1.61. The fourth-order valence-electron chi connectivity index (χ4n) is 2.84. The Balaban J connectivity index is 1.96. The summed E-state index contributed by atoms with van der Waals surface area (Å²) in [5.41, 5.74) is 2.36. The second-order valence-electron chi connectivity index (χ2n) is 5.19. The predicted octanol–water partition coefficient (Wildman–Crippen LogP) is 4.01. The van der Waals surface area contributed by atoms with Crippen LogP contribution < -0.4 is 0 Å². The van der Waals surface area contributed by atoms with E-state index in [0.717, 1.165) is 34.9 Å². The van der Waals surface area contributed by atoms with Crippen molar-refractivity contribution in [2.45, 2.75) is 23.8 Å². The molecular weight excluding hydrogens is 292 g/mol. The molecule has 0 saturated carbocycles. The second-order valence-corrected chi connectivity index (χ2v) is 6.25. The highest BCUT2D eigenvalue weighted by Gasteiger charge is 2.27. The van der Waals surface area contributed by atoms with Gasteiger partial charge in [0.15, 0.2) is 0 Å². The second kappa shape index (κ2) is 6.25. The van der Waals surface area contributed by atoms with E-state index in [4.69, 9.17) is 5.26 Å². The Morgan fingerprint density at radius 2 is 2.23 bits per heavy atom. The number of ketones is 1. The maximum absolute atomic E-state index is 12.9. The highest BCUT2D eigenvalue weighted by Crippen LogP contribution is 2.32. The Kier molecular flexibility index (Phi) is 4.17. The number of nitriles is 1. The molecule has 0 N–H and O–H groups in total. The molecule has 3 rings (SSSR count). The minimum Gasteiger partial charge on any atom is -0.341 e. The summed E-state index contributed by atoms with van der Waals surface area (Å²) < 4.78 is 1.99. The largest absolute Gasteiger partial charge is 0.341 e. The molecule has 0 saturated heterocycles. The zero-order chi connectivity index (χ0) is 15.5. The average molecular weight is 308 g/mol. The average Bonchev–Trinajstić information content (AvgIpc) is 3.14. The molecule has 22 heavy (non-hydrogen) atoms. The van der Waals surface area contributed by atoms with E-state index >= 15 is 0 Å². The Morgan fingerprint density at radius 3 is 3.00 bits per heavy atom. The van der Waals surface area contributed by atoms with Crippen LogP contribution in [0.5, 0.6) is 0 Å². The number of nitrogens with zero attached hydrogens (tertiary/aromatic N) is 2. The summed E-state index contributed by atoms with van der Waals surface area (Å²) in [5.74, 6) is 0.705. The van der Waals surface area contributed by atoms with E-state index in [1.165, 1.54) is 0 Å². The van der Waals surface area contributed by atoms with Gasteiger partial charge in [0.1, 0.15) is 0 Å². The van der Waals surface area contributed by atoms with E-state index in [0.29, 0.717) is 5.69 Å². The molecule has 0 amide bonds. The lowest BCUT2D eigenvalue weighted by Gasteiger charge is -2.09. The van der Waals surface area contributed by atoms with E-state index in [1.54, 1.807) is 11.8 Å². The van der Waals surface area contributed by atoms with Crippen LogP contribution in [-0.4, -0.2) is 16.1 Å². The lowest BCUT2D eigenvalue weighted by atomic mass is 10.1. The molecule has 4 heteroatoms. The molecule has 0 aliphatic carbocycles. The Labute approximate surface area is 134 Å². The van der Waals surface area contributed by atoms with Gasteiger partial charge in [0, 0.05) is 28.5 Å². The molecule has 0 fully saturated rings. The topological polar surface area (TPSA) is 45.8 Å². The molecular formula is C18H16N2OS. The summed E-state index contributed by atoms with van der Waals surface area (Å²) in [7, 11) is 0. The van der Waals surface area contributed by atoms with Gasteiger partial charge in [-0.3, -0.25) is 4.79 Å². The van der Waals surface area contributed by atoms with Crippen molar-refractivity contribution >= 4 is 17.5 Å². The zero-order valence-electron chi connectivity index (χ0n) is 12.2. The standard InChI is InChI=1S/C18H16N2OS/c1-2-11-22-17-6-4-3-5-14(17)18(21)16-8-7-15-13(12-19)9-10-20(15)16/h2-8,13H,1,9-11H2. The molecule has 1 aliphatic rings. The SMILES string of the molecule is C=CCSc1ccccc1C(=O)c1ccc2n1CCC2C#N. The fraction of sp³-hybridized carbons (Fsp3) is 0.222. The maximum atomic E-state index is 12.9. The first-order chi connectivity index (χ1) is 10.8. The molecule has 2 heterocycles. The van der Waals surface area contributed by atoms with Crippen molar-refractivity contribution in [2.24, 2.45) is 0 Å². The number of benzene rings is 1. The van der Waals surface area contributed by atoms with E-state index in [-0.39, 0.29) is 11.7 Å². The lowest BCUT2D eigenvalue weighted by molar-refractivity contribution is 0.102. The minimum absolute atomic E-state index is 0.0250. The molecule has 0 spiro atoms. The van der Waals surface area contributed by atoms with Gasteiger partial charge in [-0.2, -0.15) is 5.26 Å². The molecule has 0 radical (unpaired) electrons. The normalized spacial score (nSPS) is 16.0. The first kappa shape index (κ1) is 14.7. The maximum Gasteiger partial charge on any atom is 0.210 e. The summed E-state index contributed by atoms with van der Waals surface area (Å²) in [6.45, 7) is 4.46. The highest BCUT2D eigenvalue weighted by molar-refractivity contribution is 7.99. The van der Waals surface area contributed by atoms with Gasteiger partial charge >= 0.3 is 0 Å². The van der Waals surface area contributed by atoms with Crippen LogP contribution in [0.4, 0.5) is 0 Å². The number of rotatable bonds is 5. The summed E-state index contributed by atoms with van der Waals surface area (Å²) in [4.78, 5) is 13.9. The van der Waals surface area contributed by atoms with E-state index in [2.05, 4.69) is 12.6 Å². The summed E-state index contributed by atoms with van der Waals surface area (Å²) in [5, 5.41) is 9.16. The van der Waals surface area contributed by atoms with Gasteiger partial charge < -0.3 is 4.57 Å². The van der Waals surface area contributed by atoms with Crippen molar-refractivity contribution in [3.05, 3.63) is 66.0 Å². The number of carbonyl (C=O) groups excluding carboxylic acids is 1. The van der Waals surface area contributed by atoms with Gasteiger partial charge in [0.2, 0.25) is 5.78 Å². The van der Waals surface area contributed by atoms with Gasteiger partial charge in [0.25, 0.3) is 0 Å². The van der Waals surface area contributed by atoms with Gasteiger partial charge in [-0.15, -0.1) is 18.3 Å². The Morgan fingerprint density at radius 1 is 1.41 bits per heavy atom. The van der Waals surface area contributed by atoms with Gasteiger partial charge in [-0.05, 0) is 30.7 Å². The minimum atomic E-state index is -0.0908. The van der Waals surface area contributed by atoms with E-state index in [9.17, 15) is 4.79 Å². The van der Waals surface area contributed by atoms with Crippen LogP contribution >= 0.6 is 11.8 Å². The van der Waals surface area contributed by atoms with Crippen LogP contribution in [0.25, 0.3) is 0 Å². The third-order valence-electron chi connectivity index (χ3n) is 3.89. The van der Waals surface area contributed by atoms with Crippen LogP contribution in [0, 0.1) is 11.3 Å². The van der Waals surface area contributed by atoms with Crippen molar-refractivity contribution in [3.8, 4) is 6.07 Å². The van der Waals surface area contributed by atoms with Crippen molar-refractivity contribution in [1.29, 1.82) is 5.26 Å². The van der Waals surface area contributed by atoms with Crippen molar-refractivity contribution in [2.75, 3.05) is 5.75 Å². The number of hydrogen-bond acceptors (Lipinski definition) is 3. The zero-order valence-corrected chi connectivity index (χ0v) is 13.0. The van der Waals surface area contributed by atoms with Crippen LogP contribution in [0.2, 0.25) is 0 Å². The molecule has 1 aliphatic heterocycles. The first-order valence-electron chi connectivity index (χ1n) is 7.22. The number of aromatic nitrogens is 1. The van der Waals surface area contributed by atoms with Gasteiger partial charge in [0.05, 0.1) is 17.7 Å². The van der Waals surface area contributed by atoms with Crippen LogP contribution in [0.3, 0.4) is 0 Å². The molecule has 110 valence electrons. The van der Waals surface area contributed by atoms with Crippen LogP contribution in [0.15, 0.2) is 53.9 Å². The number of carbonyl (C=O) groups is 1. The lowest BCUT2D eigenvalue weighted by Crippen LogP contribution is -2.10. The first-order valence-corrected chi connectivity index (χ1v) is 8.21. The molecule has 1 unspecified atom stereocenters. The van der Waals surface area contributed by atoms with Crippen LogP contribution in [0.1, 0.15) is 34.1 Å². The third kappa shape index (κ3) is 2.49. The monoisotopic (exact) mass is 308 g/mol. The van der Waals surface area contributed by atoms with Gasteiger partial charge in [-0.25, -0.2) is 0 Å². The number of fused-ring (bicyclic) bond motifs is 1. The molecule has 2 aromatic rings. The van der Waals surface area contributed by atoms with Crippen LogP contribution in [-0.2, 0) is 6.54 Å². The number of hydrogen-bond donors (Lipinski definition) is 0. The van der Waals surface area contributed by atoms with Crippen molar-refractivity contribution < 1.29 is 4.79 Å². The molecule has 1 atom stereocenters. The summed E-state index contributed by atoms with van der Waals surface area (Å²) in [6, 6.07) is 13.7. The Hall–Kier alpha value is -2.25. The van der Waals surface area contributed by atoms with E-state index in [1.807, 2.05) is 47.0 Å². The predicted molar refractivity (Wildman–Crippen MR) is 88.2 cm³/mol. The quantitative estimate of drug-likeness (QED) is 0.476. The molecule has 1 aromatic heterocycles. The smallest absolute Gasteiger partial charge is 0.210 e. The third-order valence-corrected chi connectivity index (χ3v) is 4.96. The fourth-order valence-corrected chi connectivity index (χ4v) is 3.63. The van der Waals surface area contributed by atoms with Crippen molar-refractivity contribution in [3.63, 3.8) is 0 Å². The van der Waals surface area contributed by atoms with Crippen molar-refractivity contribution in [1.82, 2.24) is 4.57 Å². The number of thioether (sulfide) groups is 1. The molecule has 3 nitrogen and oxygen atoms in total. The molecule has 1 aromatic carbocycles. The van der Waals surface area contributed by atoms with E-state index < -0.39 is 0 Å². The molecule has 0 bridgehead atoms. The highest BCUT2D eigenvalue weighted by atomic mass is 32.2. The van der Waals surface area contributed by atoms with Gasteiger partial charge in [-0.1, -0.05) is 18.2 Å².